The van der Waals surface area contributed by atoms with Crippen LogP contribution in [0.3, 0.4) is 0 Å². The van der Waals surface area contributed by atoms with Crippen molar-refractivity contribution in [3.8, 4) is 5.75 Å². The van der Waals surface area contributed by atoms with Crippen molar-refractivity contribution in [1.29, 1.82) is 0 Å². The summed E-state index contributed by atoms with van der Waals surface area (Å²) in [6.45, 7) is 3.51. The number of sulfonamides is 1. The van der Waals surface area contributed by atoms with Gasteiger partial charge in [-0.15, -0.1) is 0 Å². The molecule has 1 unspecified atom stereocenters. The van der Waals surface area contributed by atoms with Gasteiger partial charge in [-0.1, -0.05) is 24.3 Å². The lowest BCUT2D eigenvalue weighted by atomic mass is 10.1. The van der Waals surface area contributed by atoms with Crippen LogP contribution in [0.1, 0.15) is 18.4 Å². The predicted octanol–water partition coefficient (Wildman–Crippen LogP) is 2.33. The van der Waals surface area contributed by atoms with Gasteiger partial charge in [0.05, 0.1) is 7.11 Å². The number of amides is 1. The second-order valence-corrected chi connectivity index (χ2v) is 10.0. The summed E-state index contributed by atoms with van der Waals surface area (Å²) in [5.41, 5.74) is 1.17. The van der Waals surface area contributed by atoms with E-state index in [1.54, 1.807) is 12.0 Å². The fourth-order valence-electron chi connectivity index (χ4n) is 4.38. The quantitative estimate of drug-likeness (QED) is 0.661. The van der Waals surface area contributed by atoms with Crippen LogP contribution in [0, 0.1) is 5.82 Å². The highest BCUT2D eigenvalue weighted by Gasteiger charge is 2.42. The van der Waals surface area contributed by atoms with Gasteiger partial charge >= 0.3 is 0 Å². The summed E-state index contributed by atoms with van der Waals surface area (Å²) in [6.07, 6.45) is 1.04. The molecule has 0 aliphatic carbocycles. The average molecular weight is 462 g/mol. The molecule has 1 amide bonds. The van der Waals surface area contributed by atoms with Crippen LogP contribution in [0.15, 0.2) is 53.4 Å². The Morgan fingerprint density at radius 2 is 1.72 bits per heavy atom. The van der Waals surface area contributed by atoms with Crippen molar-refractivity contribution in [2.75, 3.05) is 39.8 Å². The topological polar surface area (TPSA) is 70.2 Å². The third kappa shape index (κ3) is 4.65. The van der Waals surface area contributed by atoms with Crippen LogP contribution in [0.25, 0.3) is 0 Å². The fraction of sp³-hybridized carbons (Fsp3) is 0.435. The molecule has 4 rings (SSSR count). The minimum Gasteiger partial charge on any atom is -0.497 e. The van der Waals surface area contributed by atoms with Crippen molar-refractivity contribution in [2.45, 2.75) is 30.3 Å². The highest BCUT2D eigenvalue weighted by molar-refractivity contribution is 7.89. The predicted molar refractivity (Wildman–Crippen MR) is 118 cm³/mol. The number of hydrogen-bond acceptors (Lipinski definition) is 5. The Morgan fingerprint density at radius 3 is 2.38 bits per heavy atom. The molecule has 2 aliphatic heterocycles. The Labute approximate surface area is 188 Å². The third-order valence-electron chi connectivity index (χ3n) is 6.16. The first-order valence-electron chi connectivity index (χ1n) is 10.8. The highest BCUT2D eigenvalue weighted by Crippen LogP contribution is 2.29. The smallest absolute Gasteiger partial charge is 0.246 e. The molecule has 172 valence electrons. The number of methoxy groups -OCH3 is 1. The number of carbonyl (C=O) groups is 1. The molecule has 0 saturated carbocycles. The largest absolute Gasteiger partial charge is 0.497 e. The van der Waals surface area contributed by atoms with Gasteiger partial charge in [-0.3, -0.25) is 9.69 Å². The van der Waals surface area contributed by atoms with E-state index in [-0.39, 0.29) is 17.3 Å². The third-order valence-corrected chi connectivity index (χ3v) is 8.10. The lowest BCUT2D eigenvalue weighted by molar-refractivity contribution is -0.136. The van der Waals surface area contributed by atoms with E-state index >= 15 is 0 Å². The maximum atomic E-state index is 14.2. The minimum absolute atomic E-state index is 0.188. The van der Waals surface area contributed by atoms with Gasteiger partial charge in [0.25, 0.3) is 0 Å². The Bertz CT molecular complexity index is 1050. The zero-order valence-corrected chi connectivity index (χ0v) is 18.9. The van der Waals surface area contributed by atoms with Gasteiger partial charge in [0.15, 0.2) is 0 Å². The van der Waals surface area contributed by atoms with Crippen molar-refractivity contribution in [2.24, 2.45) is 0 Å². The van der Waals surface area contributed by atoms with Crippen LogP contribution >= 0.6 is 0 Å². The summed E-state index contributed by atoms with van der Waals surface area (Å²) in [5.74, 6) is -0.167. The van der Waals surface area contributed by atoms with Gasteiger partial charge in [-0.05, 0) is 42.7 Å². The molecule has 2 aromatic carbocycles. The Kier molecular flexibility index (Phi) is 6.78. The first-order chi connectivity index (χ1) is 15.4. The summed E-state index contributed by atoms with van der Waals surface area (Å²) in [7, 11) is -2.43. The number of halogens is 1. The first-order valence-corrected chi connectivity index (χ1v) is 12.2. The summed E-state index contributed by atoms with van der Waals surface area (Å²) >= 11 is 0. The molecule has 9 heteroatoms. The van der Waals surface area contributed by atoms with E-state index < -0.39 is 21.9 Å². The number of piperazine rings is 1. The number of nitrogens with zero attached hydrogens (tertiary/aromatic N) is 3. The normalized spacial score (nSPS) is 20.4. The second kappa shape index (κ2) is 9.56. The number of ether oxygens (including phenoxy) is 1. The Balaban J connectivity index is 1.38. The van der Waals surface area contributed by atoms with E-state index in [1.165, 1.54) is 28.1 Å². The van der Waals surface area contributed by atoms with Gasteiger partial charge in [0.1, 0.15) is 22.5 Å². The van der Waals surface area contributed by atoms with Crippen molar-refractivity contribution in [3.05, 3.63) is 59.9 Å². The number of carbonyl (C=O) groups excluding carboxylic acids is 1. The maximum Gasteiger partial charge on any atom is 0.246 e. The molecular weight excluding hydrogens is 433 g/mol. The molecule has 2 aliphatic rings. The molecule has 0 radical (unpaired) electrons. The molecule has 0 N–H and O–H groups in total. The first kappa shape index (κ1) is 22.7. The summed E-state index contributed by atoms with van der Waals surface area (Å²) < 4.78 is 46.6. The molecule has 7 nitrogen and oxygen atoms in total. The number of benzene rings is 2. The summed E-state index contributed by atoms with van der Waals surface area (Å²) in [5, 5.41) is 0. The van der Waals surface area contributed by atoms with Crippen LogP contribution in [-0.4, -0.2) is 74.3 Å². The maximum absolute atomic E-state index is 14.2. The number of rotatable bonds is 6. The molecule has 0 spiro atoms. The standard InChI is InChI=1S/C23H28FN3O4S/c1-31-19-10-8-18(9-11-19)17-25-13-15-26(16-14-25)23(28)21-6-4-12-27(21)32(29,30)22-7-3-2-5-20(22)24/h2-3,5,7-11,21H,4,6,12-17H2,1H3. The Hall–Kier alpha value is -2.49. The van der Waals surface area contributed by atoms with Crippen LogP contribution < -0.4 is 4.74 Å². The van der Waals surface area contributed by atoms with Crippen LogP contribution in [-0.2, 0) is 21.4 Å². The van der Waals surface area contributed by atoms with Gasteiger partial charge in [-0.25, -0.2) is 12.8 Å². The van der Waals surface area contributed by atoms with E-state index in [4.69, 9.17) is 4.74 Å². The van der Waals surface area contributed by atoms with Crippen molar-refractivity contribution in [1.82, 2.24) is 14.1 Å². The van der Waals surface area contributed by atoms with Gasteiger partial charge < -0.3 is 9.64 Å². The van der Waals surface area contributed by atoms with Crippen LogP contribution in [0.4, 0.5) is 4.39 Å². The second-order valence-electron chi connectivity index (χ2n) is 8.15. The SMILES string of the molecule is COc1ccc(CN2CCN(C(=O)C3CCCN3S(=O)(=O)c3ccccc3F)CC2)cc1. The van der Waals surface area contributed by atoms with E-state index in [2.05, 4.69) is 4.90 Å². The molecule has 2 fully saturated rings. The molecule has 32 heavy (non-hydrogen) atoms. The van der Waals surface area contributed by atoms with Gasteiger partial charge in [0, 0.05) is 39.3 Å². The molecule has 2 saturated heterocycles. The zero-order valence-electron chi connectivity index (χ0n) is 18.1. The van der Waals surface area contributed by atoms with Crippen molar-refractivity contribution < 1.29 is 22.3 Å². The Morgan fingerprint density at radius 1 is 1.03 bits per heavy atom. The van der Waals surface area contributed by atoms with E-state index in [9.17, 15) is 17.6 Å². The minimum atomic E-state index is -4.07. The molecule has 0 bridgehead atoms. The lowest BCUT2D eigenvalue weighted by Crippen LogP contribution is -2.54. The van der Waals surface area contributed by atoms with Gasteiger partial charge in [-0.2, -0.15) is 4.31 Å². The van der Waals surface area contributed by atoms with E-state index in [0.717, 1.165) is 18.4 Å². The van der Waals surface area contributed by atoms with Crippen LogP contribution in [0.5, 0.6) is 5.75 Å². The van der Waals surface area contributed by atoms with E-state index in [1.807, 2.05) is 24.3 Å². The van der Waals surface area contributed by atoms with Crippen LogP contribution in [0.2, 0.25) is 0 Å². The fourth-order valence-corrected chi connectivity index (χ4v) is 6.10. The lowest BCUT2D eigenvalue weighted by Gasteiger charge is -2.37. The highest BCUT2D eigenvalue weighted by atomic mass is 32.2. The molecule has 1 atom stereocenters. The number of hydrogen-bond donors (Lipinski definition) is 0. The van der Waals surface area contributed by atoms with Crippen molar-refractivity contribution in [3.63, 3.8) is 0 Å². The van der Waals surface area contributed by atoms with E-state index in [0.29, 0.717) is 39.0 Å². The molecular formula is C23H28FN3O4S. The summed E-state index contributed by atoms with van der Waals surface area (Å²) in [6, 6.07) is 12.5. The monoisotopic (exact) mass is 461 g/mol. The molecule has 0 aromatic heterocycles. The van der Waals surface area contributed by atoms with Gasteiger partial charge in [0.2, 0.25) is 15.9 Å². The average Bonchev–Trinajstić information content (AvgIpc) is 3.31. The molecule has 2 heterocycles. The zero-order chi connectivity index (χ0) is 22.7. The van der Waals surface area contributed by atoms with Crippen molar-refractivity contribution >= 4 is 15.9 Å². The summed E-state index contributed by atoms with van der Waals surface area (Å²) in [4.78, 5) is 16.8. The molecule has 2 aromatic rings.